The first kappa shape index (κ1) is 8.72. The Kier molecular flexibility index (Phi) is 2.33. The highest BCUT2D eigenvalue weighted by Gasteiger charge is 2.07. The molecule has 1 aromatic heterocycles. The van der Waals surface area contributed by atoms with Crippen LogP contribution in [0, 0.1) is 0 Å². The molecule has 0 amide bonds. The SMILES string of the molecule is Clc1cc(Br)ccc1-c1ncon1. The van der Waals surface area contributed by atoms with E-state index in [-0.39, 0.29) is 0 Å². The van der Waals surface area contributed by atoms with Gasteiger partial charge in [-0.3, -0.25) is 0 Å². The smallest absolute Gasteiger partial charge is 0.214 e. The molecule has 1 heterocycles. The number of benzene rings is 1. The number of nitrogens with zero attached hydrogens (tertiary/aromatic N) is 2. The van der Waals surface area contributed by atoms with Gasteiger partial charge in [-0.05, 0) is 18.2 Å². The van der Waals surface area contributed by atoms with Crippen molar-refractivity contribution in [1.29, 1.82) is 0 Å². The molecule has 1 aromatic carbocycles. The number of halogens is 2. The molecule has 0 unspecified atom stereocenters. The highest BCUT2D eigenvalue weighted by atomic mass is 79.9. The zero-order valence-electron chi connectivity index (χ0n) is 6.37. The Bertz CT molecular complexity index is 416. The lowest BCUT2D eigenvalue weighted by Crippen LogP contribution is -1.81. The molecular weight excluding hydrogens is 255 g/mol. The van der Waals surface area contributed by atoms with Gasteiger partial charge in [0.25, 0.3) is 0 Å². The van der Waals surface area contributed by atoms with Gasteiger partial charge >= 0.3 is 0 Å². The van der Waals surface area contributed by atoms with Crippen molar-refractivity contribution in [3.05, 3.63) is 34.1 Å². The molecule has 0 spiro atoms. The Morgan fingerprint density at radius 3 is 2.85 bits per heavy atom. The van der Waals surface area contributed by atoms with Crippen LogP contribution in [0.4, 0.5) is 0 Å². The zero-order chi connectivity index (χ0) is 9.26. The van der Waals surface area contributed by atoms with Gasteiger partial charge in [0.2, 0.25) is 12.2 Å². The first-order chi connectivity index (χ1) is 6.27. The average molecular weight is 259 g/mol. The first-order valence-electron chi connectivity index (χ1n) is 3.49. The topological polar surface area (TPSA) is 38.9 Å². The summed E-state index contributed by atoms with van der Waals surface area (Å²) in [4.78, 5) is 3.90. The minimum Gasteiger partial charge on any atom is -0.342 e. The van der Waals surface area contributed by atoms with Crippen molar-refractivity contribution in [2.75, 3.05) is 0 Å². The lowest BCUT2D eigenvalue weighted by Gasteiger charge is -1.98. The van der Waals surface area contributed by atoms with Gasteiger partial charge in [0, 0.05) is 10.0 Å². The molecular formula is C8H4BrClN2O. The highest BCUT2D eigenvalue weighted by molar-refractivity contribution is 9.10. The third kappa shape index (κ3) is 1.73. The Balaban J connectivity index is 2.53. The van der Waals surface area contributed by atoms with Gasteiger partial charge in [0.1, 0.15) is 0 Å². The standard InChI is InChI=1S/C8H4BrClN2O/c9-5-1-2-6(7(10)3-5)8-11-4-13-12-8/h1-4H. The number of rotatable bonds is 1. The lowest BCUT2D eigenvalue weighted by molar-refractivity contribution is 0.419. The van der Waals surface area contributed by atoms with Crippen molar-refractivity contribution >= 4 is 27.5 Å². The third-order valence-electron chi connectivity index (χ3n) is 1.53. The summed E-state index contributed by atoms with van der Waals surface area (Å²) in [6.07, 6.45) is 1.27. The molecule has 0 aliphatic heterocycles. The summed E-state index contributed by atoms with van der Waals surface area (Å²) in [6.45, 7) is 0. The zero-order valence-corrected chi connectivity index (χ0v) is 8.71. The summed E-state index contributed by atoms with van der Waals surface area (Å²) >= 11 is 9.28. The molecule has 0 saturated carbocycles. The summed E-state index contributed by atoms with van der Waals surface area (Å²) < 4.78 is 5.54. The lowest BCUT2D eigenvalue weighted by atomic mass is 10.2. The van der Waals surface area contributed by atoms with Crippen LogP contribution in [0.5, 0.6) is 0 Å². The Hall–Kier alpha value is -0.870. The van der Waals surface area contributed by atoms with E-state index in [1.165, 1.54) is 6.39 Å². The van der Waals surface area contributed by atoms with Gasteiger partial charge < -0.3 is 4.52 Å². The Morgan fingerprint density at radius 2 is 2.23 bits per heavy atom. The molecule has 0 aliphatic carbocycles. The molecule has 0 fully saturated rings. The molecule has 5 heteroatoms. The fourth-order valence-electron chi connectivity index (χ4n) is 0.960. The second-order valence-electron chi connectivity index (χ2n) is 2.38. The fraction of sp³-hybridized carbons (Fsp3) is 0. The van der Waals surface area contributed by atoms with Crippen LogP contribution in [0.15, 0.2) is 33.6 Å². The van der Waals surface area contributed by atoms with Gasteiger partial charge in [-0.1, -0.05) is 32.7 Å². The summed E-state index contributed by atoms with van der Waals surface area (Å²) in [5.41, 5.74) is 0.763. The van der Waals surface area contributed by atoms with E-state index < -0.39 is 0 Å². The Morgan fingerprint density at radius 1 is 1.38 bits per heavy atom. The monoisotopic (exact) mass is 258 g/mol. The van der Waals surface area contributed by atoms with Crippen molar-refractivity contribution in [2.45, 2.75) is 0 Å². The van der Waals surface area contributed by atoms with Crippen LogP contribution in [0.25, 0.3) is 11.4 Å². The van der Waals surface area contributed by atoms with Crippen LogP contribution in [-0.2, 0) is 0 Å². The molecule has 2 rings (SSSR count). The van der Waals surface area contributed by atoms with Crippen LogP contribution in [0.2, 0.25) is 5.02 Å². The predicted octanol–water partition coefficient (Wildman–Crippen LogP) is 3.15. The molecule has 0 radical (unpaired) electrons. The van der Waals surface area contributed by atoms with E-state index >= 15 is 0 Å². The maximum absolute atomic E-state index is 5.97. The number of hydrogen-bond acceptors (Lipinski definition) is 3. The van der Waals surface area contributed by atoms with Gasteiger partial charge in [-0.2, -0.15) is 4.98 Å². The maximum Gasteiger partial charge on any atom is 0.214 e. The molecule has 0 atom stereocenters. The van der Waals surface area contributed by atoms with E-state index in [0.717, 1.165) is 10.0 Å². The van der Waals surface area contributed by atoms with E-state index in [1.807, 2.05) is 12.1 Å². The van der Waals surface area contributed by atoms with Crippen molar-refractivity contribution in [2.24, 2.45) is 0 Å². The maximum atomic E-state index is 5.97. The molecule has 0 saturated heterocycles. The van der Waals surface area contributed by atoms with Crippen LogP contribution < -0.4 is 0 Å². The summed E-state index contributed by atoms with van der Waals surface area (Å²) in [7, 11) is 0. The molecule has 2 aromatic rings. The Labute approximate surface area is 87.8 Å². The average Bonchev–Trinajstić information content (AvgIpc) is 2.56. The summed E-state index contributed by atoms with van der Waals surface area (Å²) in [6, 6.07) is 5.49. The largest absolute Gasteiger partial charge is 0.342 e. The van der Waals surface area contributed by atoms with Crippen LogP contribution in [-0.4, -0.2) is 10.1 Å². The van der Waals surface area contributed by atoms with Gasteiger partial charge in [0.15, 0.2) is 0 Å². The predicted molar refractivity (Wildman–Crippen MR) is 52.4 cm³/mol. The number of aromatic nitrogens is 2. The molecule has 0 bridgehead atoms. The van der Waals surface area contributed by atoms with Gasteiger partial charge in [-0.25, -0.2) is 0 Å². The highest BCUT2D eigenvalue weighted by Crippen LogP contribution is 2.27. The minimum atomic E-state index is 0.498. The molecule has 13 heavy (non-hydrogen) atoms. The van der Waals surface area contributed by atoms with Crippen LogP contribution in [0.1, 0.15) is 0 Å². The van der Waals surface area contributed by atoms with Gasteiger partial charge in [0.05, 0.1) is 5.02 Å². The van der Waals surface area contributed by atoms with E-state index in [9.17, 15) is 0 Å². The third-order valence-corrected chi connectivity index (χ3v) is 2.34. The van der Waals surface area contributed by atoms with Crippen molar-refractivity contribution in [1.82, 2.24) is 10.1 Å². The van der Waals surface area contributed by atoms with Gasteiger partial charge in [-0.15, -0.1) is 0 Å². The molecule has 66 valence electrons. The minimum absolute atomic E-state index is 0.498. The fourth-order valence-corrected chi connectivity index (χ4v) is 1.72. The quantitative estimate of drug-likeness (QED) is 0.790. The summed E-state index contributed by atoms with van der Waals surface area (Å²) in [5, 5.41) is 4.28. The van der Waals surface area contributed by atoms with Crippen molar-refractivity contribution in [3.8, 4) is 11.4 Å². The number of hydrogen-bond donors (Lipinski definition) is 0. The first-order valence-corrected chi connectivity index (χ1v) is 4.66. The van der Waals surface area contributed by atoms with E-state index in [4.69, 9.17) is 11.6 Å². The second-order valence-corrected chi connectivity index (χ2v) is 3.70. The van der Waals surface area contributed by atoms with Crippen molar-refractivity contribution in [3.63, 3.8) is 0 Å². The van der Waals surface area contributed by atoms with E-state index in [0.29, 0.717) is 10.8 Å². The second kappa shape index (κ2) is 3.47. The molecule has 3 nitrogen and oxygen atoms in total. The molecule has 0 aliphatic rings. The molecule has 0 N–H and O–H groups in total. The van der Waals surface area contributed by atoms with Crippen molar-refractivity contribution < 1.29 is 4.52 Å². The van der Waals surface area contributed by atoms with Crippen LogP contribution >= 0.6 is 27.5 Å². The summed E-state index contributed by atoms with van der Waals surface area (Å²) in [5.74, 6) is 0.498. The van der Waals surface area contributed by atoms with Crippen LogP contribution in [0.3, 0.4) is 0 Å². The van der Waals surface area contributed by atoms with E-state index in [2.05, 4.69) is 30.6 Å². The van der Waals surface area contributed by atoms with E-state index in [1.54, 1.807) is 6.07 Å². The normalized spacial score (nSPS) is 10.3.